The van der Waals surface area contributed by atoms with E-state index >= 15 is 0 Å². The summed E-state index contributed by atoms with van der Waals surface area (Å²) in [4.78, 5) is 4.76. The van der Waals surface area contributed by atoms with E-state index in [4.69, 9.17) is 4.98 Å². The van der Waals surface area contributed by atoms with E-state index in [1.807, 2.05) is 6.07 Å². The predicted octanol–water partition coefficient (Wildman–Crippen LogP) is 5.50. The zero-order chi connectivity index (χ0) is 15.1. The van der Waals surface area contributed by atoms with Gasteiger partial charge in [0, 0.05) is 16.6 Å². The van der Waals surface area contributed by atoms with E-state index in [9.17, 15) is 0 Å². The van der Waals surface area contributed by atoms with Crippen LogP contribution in [0.15, 0.2) is 65.1 Å². The Morgan fingerprint density at radius 3 is 2.59 bits per heavy atom. The van der Waals surface area contributed by atoms with Crippen molar-refractivity contribution in [3.8, 4) is 5.69 Å². The zero-order valence-electron chi connectivity index (χ0n) is 12.3. The van der Waals surface area contributed by atoms with E-state index in [-0.39, 0.29) is 0 Å². The fraction of sp³-hybridized carbons (Fsp3) is 0.105. The molecule has 4 aromatic rings. The molecule has 0 amide bonds. The molecule has 0 aliphatic heterocycles. The Morgan fingerprint density at radius 1 is 0.955 bits per heavy atom. The maximum absolute atomic E-state index is 4.76. The number of rotatable bonds is 2. The minimum absolute atomic E-state index is 0.910. The number of benzene rings is 3. The first-order valence-corrected chi connectivity index (χ1v) is 8.21. The molecule has 0 aliphatic rings. The van der Waals surface area contributed by atoms with Gasteiger partial charge < -0.3 is 0 Å². The van der Waals surface area contributed by atoms with Gasteiger partial charge >= 0.3 is 0 Å². The van der Waals surface area contributed by atoms with Crippen molar-refractivity contribution in [2.45, 2.75) is 13.3 Å². The minimum Gasteiger partial charge on any atom is -0.296 e. The molecule has 22 heavy (non-hydrogen) atoms. The van der Waals surface area contributed by atoms with Crippen LogP contribution >= 0.6 is 15.9 Å². The van der Waals surface area contributed by atoms with Crippen LogP contribution < -0.4 is 0 Å². The minimum atomic E-state index is 0.910. The molecule has 3 aromatic carbocycles. The highest BCUT2D eigenvalue weighted by molar-refractivity contribution is 9.10. The summed E-state index contributed by atoms with van der Waals surface area (Å²) in [6, 6.07) is 21.3. The maximum atomic E-state index is 4.76. The molecule has 0 saturated carbocycles. The van der Waals surface area contributed by atoms with Gasteiger partial charge in [0.05, 0.1) is 11.0 Å². The van der Waals surface area contributed by atoms with E-state index in [0.29, 0.717) is 0 Å². The first-order chi connectivity index (χ1) is 10.8. The van der Waals surface area contributed by atoms with Crippen molar-refractivity contribution in [1.29, 1.82) is 0 Å². The van der Waals surface area contributed by atoms with Crippen molar-refractivity contribution in [2.75, 3.05) is 0 Å². The lowest BCUT2D eigenvalue weighted by Crippen LogP contribution is -1.99. The van der Waals surface area contributed by atoms with Crippen molar-refractivity contribution in [3.05, 3.63) is 71.0 Å². The topological polar surface area (TPSA) is 17.8 Å². The molecule has 0 bridgehead atoms. The molecule has 1 aromatic heterocycles. The van der Waals surface area contributed by atoms with Crippen LogP contribution in [0.2, 0.25) is 0 Å². The van der Waals surface area contributed by atoms with Crippen molar-refractivity contribution in [2.24, 2.45) is 0 Å². The molecular weight excluding hydrogens is 336 g/mol. The molecule has 0 radical (unpaired) electrons. The zero-order valence-corrected chi connectivity index (χ0v) is 13.8. The molecule has 108 valence electrons. The van der Waals surface area contributed by atoms with Gasteiger partial charge in [-0.25, -0.2) is 4.98 Å². The summed E-state index contributed by atoms with van der Waals surface area (Å²) in [6.07, 6.45) is 0.910. The number of aromatic nitrogens is 2. The van der Waals surface area contributed by atoms with Gasteiger partial charge in [-0.15, -0.1) is 0 Å². The Balaban J connectivity index is 2.00. The Labute approximate surface area is 137 Å². The van der Waals surface area contributed by atoms with Crippen LogP contribution in [0.1, 0.15) is 12.7 Å². The third kappa shape index (κ3) is 2.13. The van der Waals surface area contributed by atoms with Gasteiger partial charge in [0.2, 0.25) is 0 Å². The summed E-state index contributed by atoms with van der Waals surface area (Å²) in [5, 5.41) is 2.47. The highest BCUT2D eigenvalue weighted by Crippen LogP contribution is 2.26. The van der Waals surface area contributed by atoms with Crippen LogP contribution in [0, 0.1) is 0 Å². The number of hydrogen-bond donors (Lipinski definition) is 0. The van der Waals surface area contributed by atoms with Crippen molar-refractivity contribution in [1.82, 2.24) is 9.55 Å². The van der Waals surface area contributed by atoms with Crippen LogP contribution in [0.4, 0.5) is 0 Å². The number of aryl methyl sites for hydroxylation is 1. The lowest BCUT2D eigenvalue weighted by molar-refractivity contribution is 0.909. The van der Waals surface area contributed by atoms with E-state index in [0.717, 1.165) is 27.8 Å². The fourth-order valence-corrected chi connectivity index (χ4v) is 3.32. The van der Waals surface area contributed by atoms with Crippen molar-refractivity contribution >= 4 is 37.7 Å². The number of imidazole rings is 1. The van der Waals surface area contributed by atoms with Crippen LogP contribution in [-0.4, -0.2) is 9.55 Å². The summed E-state index contributed by atoms with van der Waals surface area (Å²) in [7, 11) is 0. The van der Waals surface area contributed by atoms with E-state index in [2.05, 4.69) is 82.0 Å². The molecule has 1 heterocycles. The Kier molecular flexibility index (Phi) is 3.23. The second-order valence-corrected chi connectivity index (χ2v) is 6.30. The SMILES string of the molecule is CCc1nc2ccccc2n1-c1ccc2cc(Br)ccc2c1. The van der Waals surface area contributed by atoms with Crippen LogP contribution in [0.5, 0.6) is 0 Å². The monoisotopic (exact) mass is 350 g/mol. The smallest absolute Gasteiger partial charge is 0.114 e. The first-order valence-electron chi connectivity index (χ1n) is 7.42. The van der Waals surface area contributed by atoms with Gasteiger partial charge in [0.1, 0.15) is 5.82 Å². The molecule has 3 heteroatoms. The second-order valence-electron chi connectivity index (χ2n) is 5.38. The van der Waals surface area contributed by atoms with Crippen LogP contribution in [-0.2, 0) is 6.42 Å². The molecule has 0 atom stereocenters. The quantitative estimate of drug-likeness (QED) is 0.466. The fourth-order valence-electron chi connectivity index (χ4n) is 2.94. The molecular formula is C19H15BrN2. The lowest BCUT2D eigenvalue weighted by Gasteiger charge is -2.10. The van der Waals surface area contributed by atoms with Gasteiger partial charge in [0.15, 0.2) is 0 Å². The number of fused-ring (bicyclic) bond motifs is 2. The van der Waals surface area contributed by atoms with Gasteiger partial charge in [-0.05, 0) is 47.2 Å². The van der Waals surface area contributed by atoms with Crippen LogP contribution in [0.3, 0.4) is 0 Å². The number of nitrogens with zero attached hydrogens (tertiary/aromatic N) is 2. The van der Waals surface area contributed by atoms with E-state index in [1.165, 1.54) is 16.5 Å². The molecule has 4 rings (SSSR count). The Morgan fingerprint density at radius 2 is 1.73 bits per heavy atom. The summed E-state index contributed by atoms with van der Waals surface area (Å²) < 4.78 is 3.37. The van der Waals surface area contributed by atoms with Crippen LogP contribution in [0.25, 0.3) is 27.5 Å². The Bertz CT molecular complexity index is 985. The highest BCUT2D eigenvalue weighted by atomic mass is 79.9. The highest BCUT2D eigenvalue weighted by Gasteiger charge is 2.11. The third-order valence-corrected chi connectivity index (χ3v) is 4.48. The largest absolute Gasteiger partial charge is 0.296 e. The molecule has 0 fully saturated rings. The summed E-state index contributed by atoms with van der Waals surface area (Å²) >= 11 is 3.53. The molecule has 0 saturated heterocycles. The second kappa shape index (κ2) is 5.25. The van der Waals surface area contributed by atoms with Gasteiger partial charge in [-0.1, -0.05) is 47.1 Å². The summed E-state index contributed by atoms with van der Waals surface area (Å²) in [5.41, 5.74) is 3.38. The van der Waals surface area contributed by atoms with Gasteiger partial charge in [-0.3, -0.25) is 4.57 Å². The first kappa shape index (κ1) is 13.5. The molecule has 0 N–H and O–H groups in total. The third-order valence-electron chi connectivity index (χ3n) is 3.99. The average Bonchev–Trinajstić information content (AvgIpc) is 2.93. The normalized spacial score (nSPS) is 11.4. The van der Waals surface area contributed by atoms with Crippen molar-refractivity contribution < 1.29 is 0 Å². The Hall–Kier alpha value is -2.13. The predicted molar refractivity (Wildman–Crippen MR) is 95.7 cm³/mol. The summed E-state index contributed by atoms with van der Waals surface area (Å²) in [5.74, 6) is 1.10. The number of halogens is 1. The molecule has 2 nitrogen and oxygen atoms in total. The molecule has 0 unspecified atom stereocenters. The van der Waals surface area contributed by atoms with Gasteiger partial charge in [-0.2, -0.15) is 0 Å². The standard InChI is InChI=1S/C19H15BrN2/c1-2-19-21-17-5-3-4-6-18(17)22(19)16-10-8-13-11-15(20)9-7-14(13)12-16/h3-12H,2H2,1H3. The average molecular weight is 351 g/mol. The lowest BCUT2D eigenvalue weighted by atomic mass is 10.1. The number of hydrogen-bond acceptors (Lipinski definition) is 1. The van der Waals surface area contributed by atoms with Crippen molar-refractivity contribution in [3.63, 3.8) is 0 Å². The van der Waals surface area contributed by atoms with E-state index in [1.54, 1.807) is 0 Å². The van der Waals surface area contributed by atoms with E-state index < -0.39 is 0 Å². The summed E-state index contributed by atoms with van der Waals surface area (Å²) in [6.45, 7) is 2.15. The number of para-hydroxylation sites is 2. The molecule has 0 aliphatic carbocycles. The maximum Gasteiger partial charge on any atom is 0.114 e. The molecule has 0 spiro atoms. The van der Waals surface area contributed by atoms with Gasteiger partial charge in [0.25, 0.3) is 0 Å².